The maximum atomic E-state index is 12.5. The number of allylic oxidation sites excluding steroid dienone is 1. The van der Waals surface area contributed by atoms with Gasteiger partial charge in [-0.2, -0.15) is 0 Å². The van der Waals surface area contributed by atoms with Crippen LogP contribution in [0.5, 0.6) is 5.75 Å². The van der Waals surface area contributed by atoms with Crippen molar-refractivity contribution in [2.45, 2.75) is 13.0 Å². The highest BCUT2D eigenvalue weighted by atomic mass is 32.1. The first-order chi connectivity index (χ1) is 13.3. The topological polar surface area (TPSA) is 108 Å². The molecular weight excluding hydrogens is 382 g/mol. The minimum Gasteiger partial charge on any atom is -0.868 e. The number of benzene rings is 2. The number of hydrogen-bond acceptors (Lipinski definition) is 6. The number of nitro benzene ring substituents is 1. The van der Waals surface area contributed by atoms with Crippen molar-refractivity contribution >= 4 is 34.7 Å². The van der Waals surface area contributed by atoms with E-state index in [9.17, 15) is 20.0 Å². The average molecular weight is 398 g/mol. The van der Waals surface area contributed by atoms with Crippen molar-refractivity contribution in [2.75, 3.05) is 12.0 Å². The van der Waals surface area contributed by atoms with Crippen molar-refractivity contribution in [1.29, 1.82) is 0 Å². The third-order valence-electron chi connectivity index (χ3n) is 4.42. The van der Waals surface area contributed by atoms with Gasteiger partial charge >= 0.3 is 5.97 Å². The van der Waals surface area contributed by atoms with Crippen LogP contribution in [-0.4, -0.2) is 23.1 Å². The van der Waals surface area contributed by atoms with Gasteiger partial charge < -0.3 is 15.2 Å². The summed E-state index contributed by atoms with van der Waals surface area (Å²) in [5, 5.41) is 26.2. The Bertz CT molecular complexity index is 990. The lowest BCUT2D eigenvalue weighted by Gasteiger charge is -2.37. The molecule has 28 heavy (non-hydrogen) atoms. The molecule has 0 aliphatic carbocycles. The molecule has 0 bridgehead atoms. The van der Waals surface area contributed by atoms with E-state index >= 15 is 0 Å². The Balaban J connectivity index is 2.16. The summed E-state index contributed by atoms with van der Waals surface area (Å²) in [5.74, 6) is -1.31. The van der Waals surface area contributed by atoms with E-state index < -0.39 is 28.4 Å². The van der Waals surface area contributed by atoms with Crippen LogP contribution in [0.4, 0.5) is 11.4 Å². The fourth-order valence-electron chi connectivity index (χ4n) is 3.11. The second-order valence-corrected chi connectivity index (χ2v) is 6.42. The van der Waals surface area contributed by atoms with Crippen LogP contribution in [-0.2, 0) is 9.53 Å². The molecule has 144 valence electrons. The number of methoxy groups -OCH3 is 1. The van der Waals surface area contributed by atoms with Gasteiger partial charge in [-0.15, -0.1) is 0 Å². The maximum absolute atomic E-state index is 12.5. The lowest BCUT2D eigenvalue weighted by atomic mass is 9.94. The van der Waals surface area contributed by atoms with Crippen molar-refractivity contribution in [3.8, 4) is 5.75 Å². The van der Waals surface area contributed by atoms with E-state index in [4.69, 9.17) is 17.0 Å². The molecule has 2 aromatic rings. The number of nitrogens with zero attached hydrogens (tertiary/aromatic N) is 2. The van der Waals surface area contributed by atoms with Crippen LogP contribution in [0.1, 0.15) is 18.5 Å². The Morgan fingerprint density at radius 3 is 2.54 bits per heavy atom. The van der Waals surface area contributed by atoms with Crippen molar-refractivity contribution in [3.63, 3.8) is 0 Å². The van der Waals surface area contributed by atoms with E-state index in [0.29, 0.717) is 16.4 Å². The summed E-state index contributed by atoms with van der Waals surface area (Å²) in [5.41, 5.74) is 1.31. The van der Waals surface area contributed by atoms with Crippen LogP contribution in [0.25, 0.3) is 0 Å². The lowest BCUT2D eigenvalue weighted by Crippen LogP contribution is -2.48. The van der Waals surface area contributed by atoms with Crippen LogP contribution in [0, 0.1) is 10.1 Å². The van der Waals surface area contributed by atoms with Gasteiger partial charge in [0.15, 0.2) is 5.11 Å². The van der Waals surface area contributed by atoms with Crippen molar-refractivity contribution in [1.82, 2.24) is 5.32 Å². The highest BCUT2D eigenvalue weighted by Gasteiger charge is 2.35. The number of carbonyl (C=O) groups excluding carboxylic acids is 1. The smallest absolute Gasteiger partial charge is 0.337 e. The van der Waals surface area contributed by atoms with Gasteiger partial charge in [0.05, 0.1) is 23.6 Å². The molecule has 0 spiro atoms. The second-order valence-electron chi connectivity index (χ2n) is 6.03. The zero-order chi connectivity index (χ0) is 20.4. The Labute approximate surface area is 166 Å². The zero-order valence-corrected chi connectivity index (χ0v) is 15.9. The van der Waals surface area contributed by atoms with Gasteiger partial charge in [0.2, 0.25) is 0 Å². The van der Waals surface area contributed by atoms with Crippen LogP contribution in [0.2, 0.25) is 0 Å². The minimum atomic E-state index is -0.792. The molecule has 3 rings (SSSR count). The summed E-state index contributed by atoms with van der Waals surface area (Å²) in [6.45, 7) is 1.72. The van der Waals surface area contributed by atoms with Gasteiger partial charge in [0.1, 0.15) is 0 Å². The summed E-state index contributed by atoms with van der Waals surface area (Å²) in [7, 11) is 1.25. The number of ether oxygens (including phenoxy) is 1. The van der Waals surface area contributed by atoms with Gasteiger partial charge in [-0.3, -0.25) is 15.0 Å². The van der Waals surface area contributed by atoms with Gasteiger partial charge in [0, 0.05) is 17.5 Å². The Hall–Kier alpha value is -3.46. The third kappa shape index (κ3) is 3.39. The Morgan fingerprint density at radius 2 is 1.93 bits per heavy atom. The largest absolute Gasteiger partial charge is 0.868 e. The second kappa shape index (κ2) is 7.65. The SMILES string of the molecule is COC(=O)C1=C(C)N(c2ccccc2)C(=S)N[C@H]1c1ccc([O-])c([N+](=O)[O-])c1. The quantitative estimate of drug-likeness (QED) is 0.362. The van der Waals surface area contributed by atoms with E-state index in [1.807, 2.05) is 30.3 Å². The Morgan fingerprint density at radius 1 is 1.25 bits per heavy atom. The fourth-order valence-corrected chi connectivity index (χ4v) is 3.47. The molecule has 0 saturated heterocycles. The molecule has 0 saturated carbocycles. The number of rotatable bonds is 4. The van der Waals surface area contributed by atoms with Gasteiger partial charge in [-0.25, -0.2) is 4.79 Å². The number of carbonyl (C=O) groups is 1. The van der Waals surface area contributed by atoms with Gasteiger partial charge in [0.25, 0.3) is 5.69 Å². The maximum Gasteiger partial charge on any atom is 0.337 e. The normalized spacial score (nSPS) is 16.6. The molecular formula is C19H16N3O5S-. The molecule has 0 radical (unpaired) electrons. The number of nitrogens with one attached hydrogen (secondary N) is 1. The van der Waals surface area contributed by atoms with E-state index in [2.05, 4.69) is 5.32 Å². The van der Waals surface area contributed by atoms with Gasteiger partial charge in [-0.05, 0) is 42.6 Å². The molecule has 1 aliphatic heterocycles. The van der Waals surface area contributed by atoms with Crippen molar-refractivity contribution in [2.24, 2.45) is 0 Å². The highest BCUT2D eigenvalue weighted by molar-refractivity contribution is 7.80. The van der Waals surface area contributed by atoms with E-state index in [0.717, 1.165) is 17.8 Å². The molecule has 1 heterocycles. The summed E-state index contributed by atoms with van der Waals surface area (Å²) in [4.78, 5) is 24.6. The highest BCUT2D eigenvalue weighted by Crippen LogP contribution is 2.36. The first kappa shape index (κ1) is 19.3. The molecule has 0 unspecified atom stereocenters. The third-order valence-corrected chi connectivity index (χ3v) is 4.72. The number of nitro groups is 1. The molecule has 9 heteroatoms. The molecule has 1 N–H and O–H groups in total. The number of anilines is 1. The molecule has 1 atom stereocenters. The Kier molecular flexibility index (Phi) is 5.27. The molecule has 1 aliphatic rings. The standard InChI is InChI=1S/C19H17N3O5S/c1-11-16(18(24)27-2)17(12-8-9-15(23)14(10-12)22(25)26)20-19(28)21(11)13-6-4-3-5-7-13/h3-10,17,23H,1-2H3,(H,20,28)/p-1/t17-/m0/s1. The average Bonchev–Trinajstić information content (AvgIpc) is 2.68. The van der Waals surface area contributed by atoms with Crippen LogP contribution in [0.3, 0.4) is 0 Å². The van der Waals surface area contributed by atoms with E-state index in [-0.39, 0.29) is 5.57 Å². The van der Waals surface area contributed by atoms with Crippen LogP contribution >= 0.6 is 12.2 Å². The molecule has 2 aromatic carbocycles. The monoisotopic (exact) mass is 398 g/mol. The summed E-state index contributed by atoms with van der Waals surface area (Å²) < 4.78 is 4.93. The van der Waals surface area contributed by atoms with E-state index in [1.54, 1.807) is 11.8 Å². The predicted octanol–water partition coefficient (Wildman–Crippen LogP) is 2.55. The molecule has 8 nitrogen and oxygen atoms in total. The minimum absolute atomic E-state index is 0.243. The molecule has 0 aromatic heterocycles. The lowest BCUT2D eigenvalue weighted by molar-refractivity contribution is -0.398. The number of para-hydroxylation sites is 1. The van der Waals surface area contributed by atoms with Crippen molar-refractivity contribution < 1.29 is 19.6 Å². The predicted molar refractivity (Wildman–Crippen MR) is 105 cm³/mol. The summed E-state index contributed by atoms with van der Waals surface area (Å²) in [6, 6.07) is 12.1. The van der Waals surface area contributed by atoms with E-state index in [1.165, 1.54) is 13.2 Å². The number of thiocarbonyl (C=S) groups is 1. The molecule has 0 amide bonds. The number of hydrogen-bond donors (Lipinski definition) is 1. The van der Waals surface area contributed by atoms with Gasteiger partial charge in [-0.1, -0.05) is 30.3 Å². The van der Waals surface area contributed by atoms with Crippen LogP contribution in [0.15, 0.2) is 59.8 Å². The fraction of sp³-hybridized carbons (Fsp3) is 0.158. The number of esters is 1. The first-order valence-corrected chi connectivity index (χ1v) is 8.66. The summed E-state index contributed by atoms with van der Waals surface area (Å²) in [6.07, 6.45) is 0. The van der Waals surface area contributed by atoms with Crippen molar-refractivity contribution in [3.05, 3.63) is 75.5 Å². The first-order valence-electron chi connectivity index (χ1n) is 8.25. The molecule has 0 fully saturated rings. The summed E-state index contributed by atoms with van der Waals surface area (Å²) >= 11 is 5.48. The zero-order valence-electron chi connectivity index (χ0n) is 15.0. The van der Waals surface area contributed by atoms with Crippen LogP contribution < -0.4 is 15.3 Å².